The van der Waals surface area contributed by atoms with Gasteiger partial charge in [0.2, 0.25) is 11.8 Å². The molecule has 1 aromatic rings. The third-order valence-corrected chi connectivity index (χ3v) is 3.46. The number of likely N-dealkylation sites (N-methyl/N-ethyl adjacent to an activating group) is 1. The normalized spacial score (nSPS) is 15.3. The van der Waals surface area contributed by atoms with Crippen LogP contribution in [0.3, 0.4) is 0 Å². The van der Waals surface area contributed by atoms with Crippen LogP contribution in [0.1, 0.15) is 0 Å². The molecule has 22 heavy (non-hydrogen) atoms. The zero-order valence-corrected chi connectivity index (χ0v) is 12.8. The molecule has 0 bridgehead atoms. The van der Waals surface area contributed by atoms with Crippen LogP contribution in [-0.2, 0) is 4.79 Å². The van der Waals surface area contributed by atoms with Crippen molar-refractivity contribution in [3.05, 3.63) is 18.3 Å². The average molecular weight is 307 g/mol. The molecule has 0 aliphatic carbocycles. The molecule has 0 spiro atoms. The van der Waals surface area contributed by atoms with E-state index in [2.05, 4.69) is 20.5 Å². The van der Waals surface area contributed by atoms with Crippen LogP contribution in [0.15, 0.2) is 18.3 Å². The van der Waals surface area contributed by atoms with E-state index in [1.807, 2.05) is 7.05 Å². The maximum Gasteiger partial charge on any atom is 0.319 e. The quantitative estimate of drug-likeness (QED) is 0.817. The van der Waals surface area contributed by atoms with Gasteiger partial charge in [-0.25, -0.2) is 9.78 Å². The summed E-state index contributed by atoms with van der Waals surface area (Å²) >= 11 is 0. The predicted molar refractivity (Wildman–Crippen MR) is 81.9 cm³/mol. The maximum atomic E-state index is 12.0. The van der Waals surface area contributed by atoms with Crippen molar-refractivity contribution >= 4 is 17.6 Å². The number of pyridine rings is 1. The molecule has 1 saturated heterocycles. The van der Waals surface area contributed by atoms with E-state index in [-0.39, 0.29) is 12.5 Å². The second-order valence-corrected chi connectivity index (χ2v) is 5.08. The van der Waals surface area contributed by atoms with Crippen LogP contribution in [0.25, 0.3) is 0 Å². The highest BCUT2D eigenvalue weighted by Gasteiger charge is 2.19. The van der Waals surface area contributed by atoms with Crippen molar-refractivity contribution in [2.45, 2.75) is 0 Å². The SMILES string of the molecule is COc1cc(NC(=O)NCC(=O)N2CCN(C)CC2)ccn1. The number of ether oxygens (including phenoxy) is 1. The van der Waals surface area contributed by atoms with E-state index >= 15 is 0 Å². The Morgan fingerprint density at radius 3 is 2.73 bits per heavy atom. The second kappa shape index (κ2) is 7.60. The summed E-state index contributed by atoms with van der Waals surface area (Å²) in [6, 6.07) is 2.81. The highest BCUT2D eigenvalue weighted by Crippen LogP contribution is 2.12. The number of carbonyl (C=O) groups excluding carboxylic acids is 2. The molecular weight excluding hydrogens is 286 g/mol. The summed E-state index contributed by atoms with van der Waals surface area (Å²) in [5.74, 6) is 0.335. The number of piperazine rings is 1. The first-order valence-corrected chi connectivity index (χ1v) is 7.09. The zero-order chi connectivity index (χ0) is 15.9. The third kappa shape index (κ3) is 4.59. The van der Waals surface area contributed by atoms with Crippen LogP contribution in [0.5, 0.6) is 5.88 Å². The molecule has 0 aromatic carbocycles. The summed E-state index contributed by atoms with van der Waals surface area (Å²) in [7, 11) is 3.53. The smallest absolute Gasteiger partial charge is 0.319 e. The summed E-state index contributed by atoms with van der Waals surface area (Å²) in [5, 5.41) is 5.19. The van der Waals surface area contributed by atoms with E-state index in [4.69, 9.17) is 4.74 Å². The van der Waals surface area contributed by atoms with Crippen molar-refractivity contribution in [1.29, 1.82) is 0 Å². The number of methoxy groups -OCH3 is 1. The minimum absolute atomic E-state index is 0.0161. The van der Waals surface area contributed by atoms with Crippen molar-refractivity contribution in [3.63, 3.8) is 0 Å². The van der Waals surface area contributed by atoms with Gasteiger partial charge in [0.05, 0.1) is 13.7 Å². The Balaban J connectivity index is 1.76. The van der Waals surface area contributed by atoms with Crippen LogP contribution >= 0.6 is 0 Å². The van der Waals surface area contributed by atoms with Gasteiger partial charge < -0.3 is 25.2 Å². The zero-order valence-electron chi connectivity index (χ0n) is 12.8. The summed E-state index contributed by atoms with van der Waals surface area (Å²) in [6.07, 6.45) is 1.53. The standard InChI is InChI=1S/C14H21N5O3/c1-18-5-7-19(8-6-18)13(20)10-16-14(21)17-11-3-4-15-12(9-11)22-2/h3-4,9H,5-8,10H2,1-2H3,(H2,15,16,17,21). The van der Waals surface area contributed by atoms with Gasteiger partial charge in [-0.2, -0.15) is 0 Å². The average Bonchev–Trinajstić information content (AvgIpc) is 2.53. The Hall–Kier alpha value is -2.35. The Bertz CT molecular complexity index is 529. The lowest BCUT2D eigenvalue weighted by Gasteiger charge is -2.32. The van der Waals surface area contributed by atoms with Crippen LogP contribution in [0.2, 0.25) is 0 Å². The van der Waals surface area contributed by atoms with E-state index in [0.29, 0.717) is 24.7 Å². The molecule has 3 amide bonds. The number of carbonyl (C=O) groups is 2. The van der Waals surface area contributed by atoms with Gasteiger partial charge in [0, 0.05) is 44.1 Å². The fourth-order valence-electron chi connectivity index (χ4n) is 2.10. The molecule has 2 N–H and O–H groups in total. The minimum Gasteiger partial charge on any atom is -0.481 e. The Kier molecular flexibility index (Phi) is 5.54. The van der Waals surface area contributed by atoms with Gasteiger partial charge >= 0.3 is 6.03 Å². The molecule has 1 aromatic heterocycles. The molecule has 1 fully saturated rings. The van der Waals surface area contributed by atoms with Crippen molar-refractivity contribution in [2.75, 3.05) is 52.2 Å². The number of aromatic nitrogens is 1. The number of anilines is 1. The minimum atomic E-state index is -0.435. The summed E-state index contributed by atoms with van der Waals surface area (Å²) in [6.45, 7) is 3.08. The molecule has 2 heterocycles. The van der Waals surface area contributed by atoms with E-state index in [9.17, 15) is 9.59 Å². The Labute approximate surface area is 129 Å². The Morgan fingerprint density at radius 1 is 1.32 bits per heavy atom. The van der Waals surface area contributed by atoms with Gasteiger partial charge in [0.25, 0.3) is 0 Å². The van der Waals surface area contributed by atoms with Crippen molar-refractivity contribution in [2.24, 2.45) is 0 Å². The number of amides is 3. The van der Waals surface area contributed by atoms with Gasteiger partial charge in [-0.1, -0.05) is 0 Å². The molecule has 1 aliphatic heterocycles. The first kappa shape index (κ1) is 16.0. The number of nitrogens with zero attached hydrogens (tertiary/aromatic N) is 3. The van der Waals surface area contributed by atoms with Gasteiger partial charge in [-0.15, -0.1) is 0 Å². The van der Waals surface area contributed by atoms with Crippen molar-refractivity contribution < 1.29 is 14.3 Å². The third-order valence-electron chi connectivity index (χ3n) is 3.46. The number of urea groups is 1. The fraction of sp³-hybridized carbons (Fsp3) is 0.500. The lowest BCUT2D eigenvalue weighted by Crippen LogP contribution is -2.50. The fourth-order valence-corrected chi connectivity index (χ4v) is 2.10. The molecule has 8 nitrogen and oxygen atoms in total. The number of rotatable bonds is 4. The van der Waals surface area contributed by atoms with E-state index in [1.165, 1.54) is 13.3 Å². The molecule has 0 atom stereocenters. The molecule has 120 valence electrons. The number of hydrogen-bond acceptors (Lipinski definition) is 5. The monoisotopic (exact) mass is 307 g/mol. The van der Waals surface area contributed by atoms with Gasteiger partial charge in [-0.3, -0.25) is 4.79 Å². The highest BCUT2D eigenvalue weighted by molar-refractivity contribution is 5.92. The summed E-state index contributed by atoms with van der Waals surface area (Å²) in [4.78, 5) is 31.7. The largest absolute Gasteiger partial charge is 0.481 e. The molecule has 1 aliphatic rings. The molecule has 2 rings (SSSR count). The van der Waals surface area contributed by atoms with E-state index in [1.54, 1.807) is 17.0 Å². The van der Waals surface area contributed by atoms with Crippen molar-refractivity contribution in [1.82, 2.24) is 20.1 Å². The Morgan fingerprint density at radius 2 is 2.05 bits per heavy atom. The number of hydrogen-bond donors (Lipinski definition) is 2. The molecule has 0 unspecified atom stereocenters. The van der Waals surface area contributed by atoms with E-state index in [0.717, 1.165) is 13.1 Å². The summed E-state index contributed by atoms with van der Waals surface area (Å²) < 4.78 is 4.98. The highest BCUT2D eigenvalue weighted by atomic mass is 16.5. The van der Waals surface area contributed by atoms with Crippen LogP contribution in [0, 0.1) is 0 Å². The maximum absolute atomic E-state index is 12.0. The summed E-state index contributed by atoms with van der Waals surface area (Å²) in [5.41, 5.74) is 0.552. The van der Waals surface area contributed by atoms with Crippen LogP contribution in [0.4, 0.5) is 10.5 Å². The van der Waals surface area contributed by atoms with Gasteiger partial charge in [0.15, 0.2) is 0 Å². The molecule has 8 heteroatoms. The van der Waals surface area contributed by atoms with Crippen molar-refractivity contribution in [3.8, 4) is 5.88 Å². The first-order valence-electron chi connectivity index (χ1n) is 7.09. The molecule has 0 saturated carbocycles. The second-order valence-electron chi connectivity index (χ2n) is 5.08. The van der Waals surface area contributed by atoms with Gasteiger partial charge in [0.1, 0.15) is 0 Å². The molecule has 0 radical (unpaired) electrons. The number of nitrogens with one attached hydrogen (secondary N) is 2. The molecular formula is C14H21N5O3. The van der Waals surface area contributed by atoms with Crippen LogP contribution in [-0.4, -0.2) is 73.6 Å². The topological polar surface area (TPSA) is 86.8 Å². The van der Waals surface area contributed by atoms with Gasteiger partial charge in [-0.05, 0) is 13.1 Å². The van der Waals surface area contributed by atoms with E-state index < -0.39 is 6.03 Å². The first-order chi connectivity index (χ1) is 10.6. The lowest BCUT2D eigenvalue weighted by molar-refractivity contribution is -0.131. The lowest BCUT2D eigenvalue weighted by atomic mass is 10.3. The van der Waals surface area contributed by atoms with Crippen LogP contribution < -0.4 is 15.4 Å². The predicted octanol–water partition coefficient (Wildman–Crippen LogP) is -0.0143.